The van der Waals surface area contributed by atoms with Gasteiger partial charge in [0.25, 0.3) is 5.91 Å². The maximum absolute atomic E-state index is 12.2. The van der Waals surface area contributed by atoms with Crippen molar-refractivity contribution in [1.29, 1.82) is 0 Å². The van der Waals surface area contributed by atoms with E-state index in [9.17, 15) is 9.59 Å². The SMILES string of the molecule is CN(C)C(=O)Cn1cc2c(n1)[C@@H](NC(=O)COc1ccccc1)CCC2. The van der Waals surface area contributed by atoms with Gasteiger partial charge in [-0.15, -0.1) is 0 Å². The third kappa shape index (κ3) is 4.41. The molecule has 7 nitrogen and oxygen atoms in total. The number of fused-ring (bicyclic) bond motifs is 1. The number of aromatic nitrogens is 2. The Kier molecular flexibility index (Phi) is 5.55. The highest BCUT2D eigenvalue weighted by atomic mass is 16.5. The lowest BCUT2D eigenvalue weighted by molar-refractivity contribution is -0.129. The number of para-hydroxylation sites is 1. The third-order valence-corrected chi connectivity index (χ3v) is 4.38. The van der Waals surface area contributed by atoms with E-state index < -0.39 is 0 Å². The number of ether oxygens (including phenoxy) is 1. The molecule has 1 aliphatic rings. The predicted octanol–water partition coefficient (Wildman–Crippen LogP) is 1.54. The molecule has 138 valence electrons. The van der Waals surface area contributed by atoms with Gasteiger partial charge in [0, 0.05) is 20.3 Å². The molecule has 1 N–H and O–H groups in total. The van der Waals surface area contributed by atoms with E-state index in [0.29, 0.717) is 5.75 Å². The van der Waals surface area contributed by atoms with Crippen LogP contribution in [0.4, 0.5) is 0 Å². The molecule has 0 saturated heterocycles. The Labute approximate surface area is 152 Å². The lowest BCUT2D eigenvalue weighted by atomic mass is 9.94. The Morgan fingerprint density at radius 2 is 2.08 bits per heavy atom. The second-order valence-corrected chi connectivity index (χ2v) is 6.64. The van der Waals surface area contributed by atoms with Gasteiger partial charge in [0.05, 0.1) is 11.7 Å². The topological polar surface area (TPSA) is 76.5 Å². The molecule has 0 unspecified atom stereocenters. The molecule has 0 aliphatic heterocycles. The minimum Gasteiger partial charge on any atom is -0.484 e. The van der Waals surface area contributed by atoms with Crippen LogP contribution in [0.25, 0.3) is 0 Å². The molecule has 26 heavy (non-hydrogen) atoms. The van der Waals surface area contributed by atoms with E-state index in [1.807, 2.05) is 36.5 Å². The summed E-state index contributed by atoms with van der Waals surface area (Å²) < 4.78 is 7.16. The van der Waals surface area contributed by atoms with Crippen molar-refractivity contribution in [3.8, 4) is 5.75 Å². The molecule has 1 heterocycles. The summed E-state index contributed by atoms with van der Waals surface area (Å²) in [6.45, 7) is 0.174. The fourth-order valence-corrected chi connectivity index (χ4v) is 3.00. The van der Waals surface area contributed by atoms with Crippen LogP contribution in [-0.4, -0.2) is 47.2 Å². The number of benzene rings is 1. The first-order valence-corrected chi connectivity index (χ1v) is 8.76. The zero-order valence-corrected chi connectivity index (χ0v) is 15.1. The molecule has 1 aliphatic carbocycles. The third-order valence-electron chi connectivity index (χ3n) is 4.38. The summed E-state index contributed by atoms with van der Waals surface area (Å²) in [6.07, 6.45) is 4.64. The average molecular weight is 356 g/mol. The van der Waals surface area contributed by atoms with Gasteiger partial charge in [-0.25, -0.2) is 0 Å². The number of carbonyl (C=O) groups excluding carboxylic acids is 2. The molecule has 0 saturated carbocycles. The number of likely N-dealkylation sites (N-methyl/N-ethyl adjacent to an activating group) is 1. The number of nitrogens with one attached hydrogen (secondary N) is 1. The highest BCUT2D eigenvalue weighted by Gasteiger charge is 2.26. The molecule has 0 radical (unpaired) electrons. The van der Waals surface area contributed by atoms with E-state index in [-0.39, 0.29) is 31.0 Å². The van der Waals surface area contributed by atoms with Crippen molar-refractivity contribution in [2.24, 2.45) is 0 Å². The van der Waals surface area contributed by atoms with Gasteiger partial charge < -0.3 is 15.0 Å². The molecular formula is C19H24N4O3. The Morgan fingerprint density at radius 3 is 2.81 bits per heavy atom. The van der Waals surface area contributed by atoms with E-state index in [1.54, 1.807) is 23.7 Å². The van der Waals surface area contributed by atoms with Crippen LogP contribution in [0.2, 0.25) is 0 Å². The van der Waals surface area contributed by atoms with E-state index in [1.165, 1.54) is 0 Å². The van der Waals surface area contributed by atoms with Gasteiger partial charge in [-0.2, -0.15) is 5.10 Å². The molecule has 7 heteroatoms. The molecule has 0 spiro atoms. The fourth-order valence-electron chi connectivity index (χ4n) is 3.00. The largest absolute Gasteiger partial charge is 0.484 e. The second kappa shape index (κ2) is 8.03. The Balaban J connectivity index is 1.61. The predicted molar refractivity (Wildman–Crippen MR) is 96.7 cm³/mol. The fraction of sp³-hybridized carbons (Fsp3) is 0.421. The van der Waals surface area contributed by atoms with E-state index in [0.717, 1.165) is 30.5 Å². The molecule has 1 aromatic carbocycles. The summed E-state index contributed by atoms with van der Waals surface area (Å²) in [5.74, 6) is 0.478. The monoisotopic (exact) mass is 356 g/mol. The standard InChI is InChI=1S/C19H24N4O3/c1-22(2)18(25)12-23-11-14-7-6-10-16(19(14)21-23)20-17(24)13-26-15-8-4-3-5-9-15/h3-5,8-9,11,16H,6-7,10,12-13H2,1-2H3,(H,20,24)/t16-/m0/s1. The number of aryl methyl sites for hydroxylation is 1. The maximum atomic E-state index is 12.2. The van der Waals surface area contributed by atoms with E-state index >= 15 is 0 Å². The minimum absolute atomic E-state index is 0.0123. The summed E-state index contributed by atoms with van der Waals surface area (Å²) in [6, 6.07) is 9.12. The van der Waals surface area contributed by atoms with Crippen LogP contribution in [0.3, 0.4) is 0 Å². The van der Waals surface area contributed by atoms with Crippen LogP contribution in [0, 0.1) is 0 Å². The number of hydrogen-bond acceptors (Lipinski definition) is 4. The average Bonchev–Trinajstić information content (AvgIpc) is 3.04. The van der Waals surface area contributed by atoms with Gasteiger partial charge in [-0.05, 0) is 37.0 Å². The van der Waals surface area contributed by atoms with Gasteiger partial charge in [0.2, 0.25) is 5.91 Å². The van der Waals surface area contributed by atoms with Gasteiger partial charge in [0.15, 0.2) is 6.61 Å². The van der Waals surface area contributed by atoms with Crippen molar-refractivity contribution >= 4 is 11.8 Å². The van der Waals surface area contributed by atoms with Crippen molar-refractivity contribution < 1.29 is 14.3 Å². The lowest BCUT2D eigenvalue weighted by Gasteiger charge is -2.22. The van der Waals surface area contributed by atoms with Crippen molar-refractivity contribution in [2.45, 2.75) is 31.8 Å². The van der Waals surface area contributed by atoms with Gasteiger partial charge in [0.1, 0.15) is 12.3 Å². The molecule has 2 amide bonds. The van der Waals surface area contributed by atoms with Crippen molar-refractivity contribution in [3.05, 3.63) is 47.8 Å². The summed E-state index contributed by atoms with van der Waals surface area (Å²) >= 11 is 0. The first-order chi connectivity index (χ1) is 12.5. The van der Waals surface area contributed by atoms with Crippen LogP contribution in [-0.2, 0) is 22.6 Å². The van der Waals surface area contributed by atoms with Crippen molar-refractivity contribution in [3.63, 3.8) is 0 Å². The molecule has 2 aromatic rings. The summed E-state index contributed by atoms with van der Waals surface area (Å²) in [4.78, 5) is 25.7. The molecule has 1 aromatic heterocycles. The summed E-state index contributed by atoms with van der Waals surface area (Å²) in [5, 5.41) is 7.54. The number of rotatable bonds is 6. The molecule has 0 fully saturated rings. The zero-order chi connectivity index (χ0) is 18.5. The number of hydrogen-bond donors (Lipinski definition) is 1. The Morgan fingerprint density at radius 1 is 1.31 bits per heavy atom. The van der Waals surface area contributed by atoms with E-state index in [2.05, 4.69) is 10.4 Å². The number of amides is 2. The maximum Gasteiger partial charge on any atom is 0.258 e. The van der Waals surface area contributed by atoms with E-state index in [4.69, 9.17) is 4.74 Å². The van der Waals surface area contributed by atoms with Gasteiger partial charge >= 0.3 is 0 Å². The first-order valence-electron chi connectivity index (χ1n) is 8.76. The highest BCUT2D eigenvalue weighted by molar-refractivity contribution is 5.78. The Bertz CT molecular complexity index is 770. The van der Waals surface area contributed by atoms with Crippen LogP contribution in [0.15, 0.2) is 36.5 Å². The quantitative estimate of drug-likeness (QED) is 0.852. The zero-order valence-electron chi connectivity index (χ0n) is 15.1. The number of nitrogens with zero attached hydrogens (tertiary/aromatic N) is 3. The molecular weight excluding hydrogens is 332 g/mol. The second-order valence-electron chi connectivity index (χ2n) is 6.64. The molecule has 1 atom stereocenters. The normalized spacial score (nSPS) is 15.8. The van der Waals surface area contributed by atoms with Gasteiger partial charge in [-0.1, -0.05) is 18.2 Å². The number of carbonyl (C=O) groups is 2. The van der Waals surface area contributed by atoms with Gasteiger partial charge in [-0.3, -0.25) is 14.3 Å². The summed E-state index contributed by atoms with van der Waals surface area (Å²) in [7, 11) is 3.45. The first kappa shape index (κ1) is 18.0. The Hall–Kier alpha value is -2.83. The minimum atomic E-state index is -0.175. The lowest BCUT2D eigenvalue weighted by Crippen LogP contribution is -2.34. The van der Waals surface area contributed by atoms with Crippen LogP contribution in [0.5, 0.6) is 5.75 Å². The smallest absolute Gasteiger partial charge is 0.258 e. The molecule has 0 bridgehead atoms. The van der Waals surface area contributed by atoms with Crippen LogP contribution < -0.4 is 10.1 Å². The van der Waals surface area contributed by atoms with Crippen molar-refractivity contribution in [1.82, 2.24) is 20.0 Å². The molecule has 3 rings (SSSR count). The highest BCUT2D eigenvalue weighted by Crippen LogP contribution is 2.28. The van der Waals surface area contributed by atoms with Crippen molar-refractivity contribution in [2.75, 3.05) is 20.7 Å². The summed E-state index contributed by atoms with van der Waals surface area (Å²) in [5.41, 5.74) is 1.95. The van der Waals surface area contributed by atoms with Crippen LogP contribution in [0.1, 0.15) is 30.1 Å². The van der Waals surface area contributed by atoms with Crippen LogP contribution >= 0.6 is 0 Å².